The lowest BCUT2D eigenvalue weighted by Crippen LogP contribution is -2.45. The maximum absolute atomic E-state index is 13.3. The van der Waals surface area contributed by atoms with E-state index in [2.05, 4.69) is 10.2 Å². The highest BCUT2D eigenvalue weighted by Gasteiger charge is 2.31. The van der Waals surface area contributed by atoms with Gasteiger partial charge in [0.15, 0.2) is 0 Å². The Bertz CT molecular complexity index is 1210. The third kappa shape index (κ3) is 4.82. The number of carbonyl (C=O) groups excluding carboxylic acids is 1. The zero-order valence-electron chi connectivity index (χ0n) is 18.7. The van der Waals surface area contributed by atoms with Gasteiger partial charge in [0.2, 0.25) is 5.91 Å². The molecule has 172 valence electrons. The van der Waals surface area contributed by atoms with E-state index in [9.17, 15) is 9.59 Å². The molecule has 1 unspecified atom stereocenters. The van der Waals surface area contributed by atoms with Crippen molar-refractivity contribution in [3.05, 3.63) is 75.2 Å². The van der Waals surface area contributed by atoms with Crippen LogP contribution in [-0.4, -0.2) is 46.3 Å². The third-order valence-electron chi connectivity index (χ3n) is 6.97. The smallest absolute Gasteiger partial charge is 0.274 e. The van der Waals surface area contributed by atoms with Crippen molar-refractivity contribution in [3.8, 4) is 0 Å². The first-order chi connectivity index (χ1) is 16.1. The Morgan fingerprint density at radius 1 is 0.970 bits per heavy atom. The van der Waals surface area contributed by atoms with Crippen LogP contribution in [0.3, 0.4) is 0 Å². The van der Waals surface area contributed by atoms with Crippen LogP contribution in [0.4, 0.5) is 0 Å². The standard InChI is InChI=1S/C26H29ClN4O2/c27-20-11-9-18(10-12-20)15-24-22-7-1-2-8-23(22)26(33)31(29-24)17-21-6-4-14-30(21)16-19-5-3-13-28-25(19)32/h1-2,7-12,19,21H,3-6,13-17H2,(H,28,32)/t19?,21-/m1/s1. The number of carbonyl (C=O) groups is 1. The Morgan fingerprint density at radius 2 is 1.76 bits per heavy atom. The van der Waals surface area contributed by atoms with Crippen LogP contribution in [0, 0.1) is 5.92 Å². The number of benzene rings is 2. The van der Waals surface area contributed by atoms with Crippen molar-refractivity contribution in [2.24, 2.45) is 5.92 Å². The summed E-state index contributed by atoms with van der Waals surface area (Å²) in [6.45, 7) is 3.06. The first-order valence-corrected chi connectivity index (χ1v) is 12.2. The first-order valence-electron chi connectivity index (χ1n) is 11.8. The molecule has 2 fully saturated rings. The summed E-state index contributed by atoms with van der Waals surface area (Å²) in [5.74, 6) is 0.208. The molecule has 0 radical (unpaired) electrons. The Hall–Kier alpha value is -2.70. The van der Waals surface area contributed by atoms with Crippen LogP contribution in [0.25, 0.3) is 10.8 Å². The molecule has 0 aliphatic carbocycles. The second kappa shape index (κ2) is 9.65. The van der Waals surface area contributed by atoms with Crippen LogP contribution in [0.5, 0.6) is 0 Å². The van der Waals surface area contributed by atoms with Crippen molar-refractivity contribution < 1.29 is 4.79 Å². The highest BCUT2D eigenvalue weighted by Crippen LogP contribution is 2.24. The topological polar surface area (TPSA) is 67.2 Å². The molecule has 2 aromatic carbocycles. The van der Waals surface area contributed by atoms with Gasteiger partial charge in [0, 0.05) is 36.0 Å². The van der Waals surface area contributed by atoms with E-state index in [1.165, 1.54) is 0 Å². The van der Waals surface area contributed by atoms with Crippen LogP contribution in [0.2, 0.25) is 5.02 Å². The summed E-state index contributed by atoms with van der Waals surface area (Å²) < 4.78 is 1.65. The minimum Gasteiger partial charge on any atom is -0.356 e. The minimum atomic E-state index is -0.0484. The van der Waals surface area contributed by atoms with Gasteiger partial charge in [0.05, 0.1) is 23.5 Å². The number of fused-ring (bicyclic) bond motifs is 1. The number of hydrogen-bond acceptors (Lipinski definition) is 4. The molecule has 0 bridgehead atoms. The van der Waals surface area contributed by atoms with Crippen LogP contribution in [0.15, 0.2) is 53.3 Å². The quantitative estimate of drug-likeness (QED) is 0.605. The van der Waals surface area contributed by atoms with E-state index < -0.39 is 0 Å². The Balaban J connectivity index is 1.42. The van der Waals surface area contributed by atoms with Crippen LogP contribution >= 0.6 is 11.6 Å². The summed E-state index contributed by atoms with van der Waals surface area (Å²) in [4.78, 5) is 28.0. The molecule has 1 amide bonds. The molecular formula is C26H29ClN4O2. The van der Waals surface area contributed by atoms with Gasteiger partial charge in [-0.25, -0.2) is 4.68 Å². The zero-order chi connectivity index (χ0) is 22.8. The van der Waals surface area contributed by atoms with Gasteiger partial charge in [-0.1, -0.05) is 41.9 Å². The van der Waals surface area contributed by atoms with Gasteiger partial charge in [0.25, 0.3) is 5.56 Å². The van der Waals surface area contributed by atoms with Gasteiger partial charge in [-0.15, -0.1) is 0 Å². The number of piperidine rings is 1. The van der Waals surface area contributed by atoms with Crippen molar-refractivity contribution in [1.82, 2.24) is 20.0 Å². The molecule has 2 saturated heterocycles. The summed E-state index contributed by atoms with van der Waals surface area (Å²) in [6, 6.07) is 15.7. The van der Waals surface area contributed by atoms with Gasteiger partial charge >= 0.3 is 0 Å². The molecule has 7 heteroatoms. The number of likely N-dealkylation sites (tertiary alicyclic amines) is 1. The van der Waals surface area contributed by atoms with E-state index in [1.54, 1.807) is 4.68 Å². The fourth-order valence-electron chi connectivity index (χ4n) is 5.19. The van der Waals surface area contributed by atoms with E-state index in [0.717, 1.165) is 62.0 Å². The van der Waals surface area contributed by atoms with Crippen LogP contribution in [-0.2, 0) is 17.8 Å². The SMILES string of the molecule is O=C1NCCCC1CN1CCC[C@@H]1Cn1nc(Cc2ccc(Cl)cc2)c2ccccc2c1=O. The van der Waals surface area contributed by atoms with Gasteiger partial charge in [-0.3, -0.25) is 14.5 Å². The Labute approximate surface area is 198 Å². The van der Waals surface area contributed by atoms with Gasteiger partial charge in [0.1, 0.15) is 0 Å². The van der Waals surface area contributed by atoms with E-state index in [1.807, 2.05) is 48.5 Å². The molecule has 2 atom stereocenters. The van der Waals surface area contributed by atoms with Crippen LogP contribution in [0.1, 0.15) is 36.9 Å². The molecule has 3 heterocycles. The number of nitrogens with one attached hydrogen (secondary N) is 1. The molecule has 6 nitrogen and oxygen atoms in total. The van der Waals surface area contributed by atoms with Crippen molar-refractivity contribution in [2.75, 3.05) is 19.6 Å². The second-order valence-electron chi connectivity index (χ2n) is 9.20. The molecule has 0 spiro atoms. The third-order valence-corrected chi connectivity index (χ3v) is 7.22. The Morgan fingerprint density at radius 3 is 2.55 bits per heavy atom. The maximum Gasteiger partial charge on any atom is 0.274 e. The maximum atomic E-state index is 13.3. The van der Waals surface area contributed by atoms with Crippen molar-refractivity contribution in [2.45, 2.75) is 44.7 Å². The van der Waals surface area contributed by atoms with E-state index in [4.69, 9.17) is 16.7 Å². The molecule has 1 N–H and O–H groups in total. The first kappa shape index (κ1) is 22.1. The van der Waals surface area contributed by atoms with E-state index in [0.29, 0.717) is 23.4 Å². The summed E-state index contributed by atoms with van der Waals surface area (Å²) in [5.41, 5.74) is 1.95. The monoisotopic (exact) mass is 464 g/mol. The summed E-state index contributed by atoms with van der Waals surface area (Å²) >= 11 is 6.05. The molecule has 3 aromatic rings. The van der Waals surface area contributed by atoms with E-state index in [-0.39, 0.29) is 23.4 Å². The van der Waals surface area contributed by atoms with Crippen molar-refractivity contribution in [1.29, 1.82) is 0 Å². The number of amides is 1. The van der Waals surface area contributed by atoms with Crippen LogP contribution < -0.4 is 10.9 Å². The molecule has 33 heavy (non-hydrogen) atoms. The number of aromatic nitrogens is 2. The lowest BCUT2D eigenvalue weighted by Gasteiger charge is -2.30. The number of halogens is 1. The lowest BCUT2D eigenvalue weighted by atomic mass is 9.98. The highest BCUT2D eigenvalue weighted by atomic mass is 35.5. The largest absolute Gasteiger partial charge is 0.356 e. The predicted octanol–water partition coefficient (Wildman–Crippen LogP) is 3.63. The van der Waals surface area contributed by atoms with Gasteiger partial charge in [-0.2, -0.15) is 5.10 Å². The average molecular weight is 465 g/mol. The molecule has 0 saturated carbocycles. The number of nitrogens with zero attached hydrogens (tertiary/aromatic N) is 3. The van der Waals surface area contributed by atoms with Crippen molar-refractivity contribution in [3.63, 3.8) is 0 Å². The molecule has 1 aromatic heterocycles. The molecule has 5 rings (SSSR count). The second-order valence-corrected chi connectivity index (χ2v) is 9.64. The fraction of sp³-hybridized carbons (Fsp3) is 0.423. The molecule has 2 aliphatic rings. The van der Waals surface area contributed by atoms with E-state index >= 15 is 0 Å². The highest BCUT2D eigenvalue weighted by molar-refractivity contribution is 6.30. The lowest BCUT2D eigenvalue weighted by molar-refractivity contribution is -0.127. The Kier molecular flexibility index (Phi) is 6.47. The molecular weight excluding hydrogens is 436 g/mol. The molecule has 2 aliphatic heterocycles. The summed E-state index contributed by atoms with van der Waals surface area (Å²) in [7, 11) is 0. The number of rotatable bonds is 6. The summed E-state index contributed by atoms with van der Waals surface area (Å²) in [6.07, 6.45) is 4.71. The average Bonchev–Trinajstić information content (AvgIpc) is 3.26. The number of hydrogen-bond donors (Lipinski definition) is 1. The minimum absolute atomic E-state index is 0.0427. The fourth-order valence-corrected chi connectivity index (χ4v) is 5.32. The zero-order valence-corrected chi connectivity index (χ0v) is 19.4. The van der Waals surface area contributed by atoms with Crippen molar-refractivity contribution >= 4 is 28.3 Å². The van der Waals surface area contributed by atoms with Gasteiger partial charge in [-0.05, 0) is 56.0 Å². The normalized spacial score (nSPS) is 21.4. The van der Waals surface area contributed by atoms with Gasteiger partial charge < -0.3 is 5.32 Å². The summed E-state index contributed by atoms with van der Waals surface area (Å²) in [5, 5.41) is 10.1. The predicted molar refractivity (Wildman–Crippen MR) is 131 cm³/mol.